The maximum Gasteiger partial charge on any atom is 0.124 e. The summed E-state index contributed by atoms with van der Waals surface area (Å²) in [5.74, 6) is 0.886. The Morgan fingerprint density at radius 3 is 2.33 bits per heavy atom. The van der Waals surface area contributed by atoms with Crippen molar-refractivity contribution in [1.29, 1.82) is 0 Å². The number of likely N-dealkylation sites (N-methyl/N-ethyl adjacent to an activating group) is 1. The number of ether oxygens (including phenoxy) is 1. The molecule has 0 saturated carbocycles. The molecule has 0 aliphatic heterocycles. The van der Waals surface area contributed by atoms with Crippen LogP contribution >= 0.6 is 0 Å². The lowest BCUT2D eigenvalue weighted by Gasteiger charge is -2.27. The Morgan fingerprint density at radius 2 is 1.67 bits per heavy atom. The van der Waals surface area contributed by atoms with Crippen molar-refractivity contribution in [1.82, 2.24) is 0 Å². The molecule has 0 spiro atoms. The van der Waals surface area contributed by atoms with Crippen LogP contribution in [0.1, 0.15) is 25.5 Å². The second-order valence-electron chi connectivity index (χ2n) is 4.95. The molecule has 1 atom stereocenters. The number of nitrogens with two attached hydrogens (primary N) is 1. The van der Waals surface area contributed by atoms with Gasteiger partial charge in [0.15, 0.2) is 0 Å². The first-order chi connectivity index (χ1) is 10.3. The van der Waals surface area contributed by atoms with Gasteiger partial charge in [-0.25, -0.2) is 0 Å². The molecule has 1 unspecified atom stereocenters. The molecular formula is C18H24N2O. The van der Waals surface area contributed by atoms with E-state index < -0.39 is 0 Å². The lowest BCUT2D eigenvalue weighted by molar-refractivity contribution is 0.334. The van der Waals surface area contributed by atoms with E-state index in [1.807, 2.05) is 31.2 Å². The van der Waals surface area contributed by atoms with Crippen LogP contribution in [0, 0.1) is 0 Å². The molecule has 0 amide bonds. The van der Waals surface area contributed by atoms with Crippen LogP contribution in [0.15, 0.2) is 54.6 Å². The van der Waals surface area contributed by atoms with Gasteiger partial charge in [0.2, 0.25) is 0 Å². The molecule has 112 valence electrons. The molecule has 0 fully saturated rings. The van der Waals surface area contributed by atoms with Gasteiger partial charge in [-0.2, -0.15) is 0 Å². The number of benzene rings is 2. The van der Waals surface area contributed by atoms with Crippen molar-refractivity contribution >= 4 is 5.69 Å². The Morgan fingerprint density at radius 1 is 1.00 bits per heavy atom. The quantitative estimate of drug-likeness (QED) is 0.844. The van der Waals surface area contributed by atoms with Gasteiger partial charge in [-0.3, -0.25) is 0 Å². The summed E-state index contributed by atoms with van der Waals surface area (Å²) in [6.45, 7) is 6.48. The summed E-state index contributed by atoms with van der Waals surface area (Å²) in [6.07, 6.45) is 0. The molecule has 0 aliphatic rings. The van der Waals surface area contributed by atoms with Gasteiger partial charge < -0.3 is 15.4 Å². The molecule has 0 aliphatic carbocycles. The summed E-state index contributed by atoms with van der Waals surface area (Å²) < 4.78 is 5.68. The zero-order valence-electron chi connectivity index (χ0n) is 12.8. The molecule has 0 aromatic heterocycles. The molecule has 2 aromatic rings. The molecule has 0 heterocycles. The Balaban J connectivity index is 2.15. The normalized spacial score (nSPS) is 12.0. The van der Waals surface area contributed by atoms with E-state index in [2.05, 4.69) is 42.2 Å². The average molecular weight is 284 g/mol. The van der Waals surface area contributed by atoms with Crippen molar-refractivity contribution in [3.8, 4) is 5.75 Å². The smallest absolute Gasteiger partial charge is 0.124 e. The van der Waals surface area contributed by atoms with E-state index in [0.29, 0.717) is 6.61 Å². The van der Waals surface area contributed by atoms with E-state index in [-0.39, 0.29) is 6.04 Å². The molecule has 2 aromatic carbocycles. The van der Waals surface area contributed by atoms with Gasteiger partial charge in [0.25, 0.3) is 0 Å². The second-order valence-corrected chi connectivity index (χ2v) is 4.95. The summed E-state index contributed by atoms with van der Waals surface area (Å²) in [6, 6.07) is 18.3. The van der Waals surface area contributed by atoms with Crippen LogP contribution in [0.4, 0.5) is 5.69 Å². The minimum atomic E-state index is -0.0760. The van der Waals surface area contributed by atoms with E-state index >= 15 is 0 Å². The van der Waals surface area contributed by atoms with Gasteiger partial charge in [0.1, 0.15) is 5.75 Å². The van der Waals surface area contributed by atoms with Crippen LogP contribution in [0.25, 0.3) is 0 Å². The summed E-state index contributed by atoms with van der Waals surface area (Å²) in [5, 5.41) is 0. The highest BCUT2D eigenvalue weighted by Gasteiger charge is 2.15. The average Bonchev–Trinajstić information content (AvgIpc) is 2.54. The lowest BCUT2D eigenvalue weighted by Crippen LogP contribution is -2.32. The van der Waals surface area contributed by atoms with E-state index in [0.717, 1.165) is 24.4 Å². The van der Waals surface area contributed by atoms with Crippen molar-refractivity contribution in [3.05, 3.63) is 60.2 Å². The monoisotopic (exact) mass is 284 g/mol. The number of rotatable bonds is 7. The predicted octanol–water partition coefficient (Wildman–Crippen LogP) is 3.61. The Labute approximate surface area is 127 Å². The summed E-state index contributed by atoms with van der Waals surface area (Å²) >= 11 is 0. The fraction of sp³-hybridized carbons (Fsp3) is 0.333. The van der Waals surface area contributed by atoms with Crippen molar-refractivity contribution < 1.29 is 4.74 Å². The van der Waals surface area contributed by atoms with Gasteiger partial charge in [-0.1, -0.05) is 36.4 Å². The van der Waals surface area contributed by atoms with Gasteiger partial charge in [-0.15, -0.1) is 0 Å². The summed E-state index contributed by atoms with van der Waals surface area (Å²) in [4.78, 5) is 2.29. The van der Waals surface area contributed by atoms with Crippen molar-refractivity contribution in [3.63, 3.8) is 0 Å². The first-order valence-corrected chi connectivity index (χ1v) is 7.53. The number of nitrogens with zero attached hydrogens (tertiary/aromatic N) is 1. The van der Waals surface area contributed by atoms with Gasteiger partial charge in [-0.05, 0) is 32.0 Å². The number of hydrogen-bond donors (Lipinski definition) is 1. The lowest BCUT2D eigenvalue weighted by atomic mass is 10.1. The molecule has 21 heavy (non-hydrogen) atoms. The van der Waals surface area contributed by atoms with Gasteiger partial charge in [0.05, 0.1) is 12.6 Å². The largest absolute Gasteiger partial charge is 0.494 e. The fourth-order valence-corrected chi connectivity index (χ4v) is 2.47. The molecule has 0 radical (unpaired) electrons. The minimum absolute atomic E-state index is 0.0760. The van der Waals surface area contributed by atoms with Crippen LogP contribution in [-0.2, 0) is 0 Å². The maximum absolute atomic E-state index is 6.42. The Kier molecular flexibility index (Phi) is 5.64. The number of anilines is 1. The third-order valence-corrected chi connectivity index (χ3v) is 3.54. The third-order valence-electron chi connectivity index (χ3n) is 3.54. The Hall–Kier alpha value is -2.00. The first-order valence-electron chi connectivity index (χ1n) is 7.53. The van der Waals surface area contributed by atoms with Crippen molar-refractivity contribution in [2.75, 3.05) is 24.6 Å². The minimum Gasteiger partial charge on any atom is -0.494 e. The third kappa shape index (κ3) is 3.99. The van der Waals surface area contributed by atoms with Crippen LogP contribution in [-0.4, -0.2) is 19.7 Å². The molecule has 0 bridgehead atoms. The maximum atomic E-state index is 6.42. The van der Waals surface area contributed by atoms with Crippen LogP contribution in [0.3, 0.4) is 0 Å². The predicted molar refractivity (Wildman–Crippen MR) is 88.9 cm³/mol. The Bertz CT molecular complexity index is 542. The van der Waals surface area contributed by atoms with Crippen molar-refractivity contribution in [2.24, 2.45) is 5.73 Å². The first kappa shape index (κ1) is 15.4. The van der Waals surface area contributed by atoms with Gasteiger partial charge in [0, 0.05) is 24.3 Å². The van der Waals surface area contributed by atoms with E-state index in [1.165, 1.54) is 5.69 Å². The summed E-state index contributed by atoms with van der Waals surface area (Å²) in [7, 11) is 0. The topological polar surface area (TPSA) is 38.5 Å². The highest BCUT2D eigenvalue weighted by molar-refractivity contribution is 5.47. The SMILES string of the molecule is CCOc1ccccc1C(N)CN(CC)c1ccccc1. The van der Waals surface area contributed by atoms with Crippen molar-refractivity contribution in [2.45, 2.75) is 19.9 Å². The molecular weight excluding hydrogens is 260 g/mol. The molecule has 2 rings (SSSR count). The van der Waals surface area contributed by atoms with E-state index in [1.54, 1.807) is 0 Å². The van der Waals surface area contributed by atoms with Crippen LogP contribution in [0.2, 0.25) is 0 Å². The van der Waals surface area contributed by atoms with E-state index in [9.17, 15) is 0 Å². The molecule has 0 saturated heterocycles. The van der Waals surface area contributed by atoms with Gasteiger partial charge >= 0.3 is 0 Å². The van der Waals surface area contributed by atoms with Crippen LogP contribution < -0.4 is 15.4 Å². The standard InChI is InChI=1S/C18H24N2O/c1-3-20(15-10-6-5-7-11-15)14-17(19)16-12-8-9-13-18(16)21-4-2/h5-13,17H,3-4,14,19H2,1-2H3. The summed E-state index contributed by atoms with van der Waals surface area (Å²) in [5.41, 5.74) is 8.68. The molecule has 3 heteroatoms. The molecule has 2 N–H and O–H groups in total. The molecule has 3 nitrogen and oxygen atoms in total. The zero-order valence-corrected chi connectivity index (χ0v) is 12.8. The number of hydrogen-bond acceptors (Lipinski definition) is 3. The fourth-order valence-electron chi connectivity index (χ4n) is 2.47. The highest BCUT2D eigenvalue weighted by atomic mass is 16.5. The highest BCUT2D eigenvalue weighted by Crippen LogP contribution is 2.25. The van der Waals surface area contributed by atoms with Crippen LogP contribution in [0.5, 0.6) is 5.75 Å². The zero-order chi connectivity index (χ0) is 15.1. The van der Waals surface area contributed by atoms with E-state index in [4.69, 9.17) is 10.5 Å². The number of para-hydroxylation sites is 2. The second kappa shape index (κ2) is 7.70.